The SMILES string of the molecule is C#CCNC1CCc2ccc(OC(=O)N(CC)CO)cc21.O=C(O)C=CC(=O)O. The largest absolute Gasteiger partial charge is 0.478 e. The molecule has 0 aromatic heterocycles. The minimum atomic E-state index is -1.26. The van der Waals surface area contributed by atoms with E-state index < -0.39 is 18.0 Å². The van der Waals surface area contributed by atoms with Crippen LogP contribution in [0, 0.1) is 12.3 Å². The van der Waals surface area contributed by atoms with E-state index in [2.05, 4.69) is 11.2 Å². The quantitative estimate of drug-likeness (QED) is 0.304. The molecule has 1 atom stereocenters. The molecule has 156 valence electrons. The molecule has 1 amide bonds. The van der Waals surface area contributed by atoms with Crippen LogP contribution in [-0.4, -0.2) is 58.1 Å². The molecule has 2 rings (SSSR count). The minimum Gasteiger partial charge on any atom is -0.478 e. The van der Waals surface area contributed by atoms with E-state index in [9.17, 15) is 14.4 Å². The highest BCUT2D eigenvalue weighted by Crippen LogP contribution is 2.33. The molecule has 9 heteroatoms. The van der Waals surface area contributed by atoms with Crippen molar-refractivity contribution >= 4 is 18.0 Å². The van der Waals surface area contributed by atoms with Crippen molar-refractivity contribution in [3.05, 3.63) is 41.5 Å². The van der Waals surface area contributed by atoms with Gasteiger partial charge in [-0.1, -0.05) is 12.0 Å². The molecule has 0 aliphatic heterocycles. The number of terminal acetylenes is 1. The van der Waals surface area contributed by atoms with Crippen LogP contribution in [0.15, 0.2) is 30.4 Å². The molecule has 0 bridgehead atoms. The van der Waals surface area contributed by atoms with Gasteiger partial charge in [-0.25, -0.2) is 14.4 Å². The summed E-state index contributed by atoms with van der Waals surface area (Å²) in [5.74, 6) is 0.544. The number of nitrogens with one attached hydrogen (secondary N) is 1. The summed E-state index contributed by atoms with van der Waals surface area (Å²) in [6.45, 7) is 2.33. The lowest BCUT2D eigenvalue weighted by atomic mass is 10.1. The molecule has 0 heterocycles. The van der Waals surface area contributed by atoms with Gasteiger partial charge in [0.25, 0.3) is 0 Å². The number of benzene rings is 1. The van der Waals surface area contributed by atoms with Crippen molar-refractivity contribution in [3.63, 3.8) is 0 Å². The van der Waals surface area contributed by atoms with Crippen LogP contribution >= 0.6 is 0 Å². The molecule has 1 aromatic rings. The Bertz CT molecular complexity index is 779. The van der Waals surface area contributed by atoms with Crippen LogP contribution in [0.3, 0.4) is 0 Å². The Morgan fingerprint density at radius 3 is 2.48 bits per heavy atom. The third-order valence-electron chi connectivity index (χ3n) is 4.03. The highest BCUT2D eigenvalue weighted by molar-refractivity contribution is 5.89. The molecule has 0 spiro atoms. The zero-order chi connectivity index (χ0) is 21.8. The summed E-state index contributed by atoms with van der Waals surface area (Å²) in [5.41, 5.74) is 2.38. The second-order valence-corrected chi connectivity index (χ2v) is 5.91. The second-order valence-electron chi connectivity index (χ2n) is 5.91. The lowest BCUT2D eigenvalue weighted by Crippen LogP contribution is -2.34. The van der Waals surface area contributed by atoms with E-state index in [1.165, 1.54) is 10.5 Å². The second kappa shape index (κ2) is 12.2. The molecule has 1 aliphatic carbocycles. The van der Waals surface area contributed by atoms with Crippen molar-refractivity contribution in [2.75, 3.05) is 19.8 Å². The average molecular weight is 404 g/mol. The lowest BCUT2D eigenvalue weighted by Gasteiger charge is -2.18. The van der Waals surface area contributed by atoms with E-state index in [0.717, 1.165) is 18.4 Å². The van der Waals surface area contributed by atoms with E-state index in [-0.39, 0.29) is 12.8 Å². The van der Waals surface area contributed by atoms with Crippen LogP contribution in [0.5, 0.6) is 5.75 Å². The maximum atomic E-state index is 11.8. The lowest BCUT2D eigenvalue weighted by molar-refractivity contribution is -0.134. The van der Waals surface area contributed by atoms with Gasteiger partial charge in [-0.2, -0.15) is 0 Å². The molecule has 29 heavy (non-hydrogen) atoms. The Hall–Kier alpha value is -3.35. The summed E-state index contributed by atoms with van der Waals surface area (Å²) in [6.07, 6.45) is 7.82. The Morgan fingerprint density at radius 2 is 1.97 bits per heavy atom. The van der Waals surface area contributed by atoms with Crippen LogP contribution in [0.1, 0.15) is 30.5 Å². The maximum absolute atomic E-state index is 11.8. The first-order valence-electron chi connectivity index (χ1n) is 8.83. The molecule has 4 N–H and O–H groups in total. The zero-order valence-corrected chi connectivity index (χ0v) is 16.0. The number of aliphatic carboxylic acids is 2. The number of ether oxygens (including phenoxy) is 1. The molecule has 0 saturated carbocycles. The van der Waals surface area contributed by atoms with Crippen molar-refractivity contribution in [2.45, 2.75) is 25.8 Å². The number of carbonyl (C=O) groups excluding carboxylic acids is 1. The molecule has 1 unspecified atom stereocenters. The fourth-order valence-electron chi connectivity index (χ4n) is 2.63. The highest BCUT2D eigenvalue weighted by atomic mass is 16.6. The smallest absolute Gasteiger partial charge is 0.417 e. The van der Waals surface area contributed by atoms with Crippen molar-refractivity contribution < 1.29 is 34.4 Å². The summed E-state index contributed by atoms with van der Waals surface area (Å²) in [4.78, 5) is 32.1. The molecule has 1 aromatic carbocycles. The van der Waals surface area contributed by atoms with Gasteiger partial charge >= 0.3 is 18.0 Å². The van der Waals surface area contributed by atoms with Gasteiger partial charge in [0.05, 0.1) is 6.54 Å². The first-order chi connectivity index (χ1) is 13.8. The predicted octanol–water partition coefficient (Wildman–Crippen LogP) is 1.38. The van der Waals surface area contributed by atoms with Crippen molar-refractivity contribution in [3.8, 4) is 18.1 Å². The number of rotatable bonds is 7. The number of hydrogen-bond donors (Lipinski definition) is 4. The van der Waals surface area contributed by atoms with Crippen LogP contribution in [0.25, 0.3) is 0 Å². The third kappa shape index (κ3) is 8.04. The summed E-state index contributed by atoms with van der Waals surface area (Å²) < 4.78 is 5.30. The van der Waals surface area contributed by atoms with E-state index in [4.69, 9.17) is 26.5 Å². The fourth-order valence-corrected chi connectivity index (χ4v) is 2.63. The molecule has 0 fully saturated rings. The Morgan fingerprint density at radius 1 is 1.31 bits per heavy atom. The van der Waals surface area contributed by atoms with Crippen LogP contribution in [0.2, 0.25) is 0 Å². The molecule has 1 aliphatic rings. The number of carbonyl (C=O) groups is 3. The van der Waals surface area contributed by atoms with Crippen LogP contribution < -0.4 is 10.1 Å². The molecule has 0 radical (unpaired) electrons. The number of fused-ring (bicyclic) bond motifs is 1. The summed E-state index contributed by atoms with van der Waals surface area (Å²) in [7, 11) is 0. The minimum absolute atomic E-state index is 0.204. The average Bonchev–Trinajstić information content (AvgIpc) is 3.08. The summed E-state index contributed by atoms with van der Waals surface area (Å²) in [5, 5.41) is 28.0. The zero-order valence-electron chi connectivity index (χ0n) is 16.0. The fraction of sp³-hybridized carbons (Fsp3) is 0.350. The van der Waals surface area contributed by atoms with Gasteiger partial charge in [0.1, 0.15) is 12.5 Å². The number of amides is 1. The Balaban J connectivity index is 0.000000447. The topological polar surface area (TPSA) is 136 Å². The van der Waals surface area contributed by atoms with E-state index in [1.54, 1.807) is 13.0 Å². The van der Waals surface area contributed by atoms with Crippen molar-refractivity contribution in [1.82, 2.24) is 10.2 Å². The maximum Gasteiger partial charge on any atom is 0.417 e. The predicted molar refractivity (Wildman–Crippen MR) is 104 cm³/mol. The van der Waals surface area contributed by atoms with Gasteiger partial charge in [0, 0.05) is 24.7 Å². The van der Waals surface area contributed by atoms with E-state index >= 15 is 0 Å². The van der Waals surface area contributed by atoms with Crippen molar-refractivity contribution in [1.29, 1.82) is 0 Å². The molecule has 0 saturated heterocycles. The van der Waals surface area contributed by atoms with E-state index in [0.29, 0.717) is 31.0 Å². The standard InChI is InChI=1S/C16H20N2O3.C4H4O4/c1-3-9-17-15-8-6-12-5-7-13(10-14(12)15)21-16(20)18(4-2)11-19;5-3(6)1-2-4(7)8/h1,5,7,10,15,17,19H,4,6,8-9,11H2,2H3;1-2H,(H,5,6)(H,7,8). The highest BCUT2D eigenvalue weighted by Gasteiger charge is 2.23. The molecular weight excluding hydrogens is 380 g/mol. The number of aliphatic hydroxyl groups excluding tert-OH is 1. The molecule has 9 nitrogen and oxygen atoms in total. The van der Waals surface area contributed by atoms with Gasteiger partial charge < -0.3 is 20.1 Å². The third-order valence-corrected chi connectivity index (χ3v) is 4.03. The van der Waals surface area contributed by atoms with Gasteiger partial charge in [-0.3, -0.25) is 10.2 Å². The number of nitrogens with zero attached hydrogens (tertiary/aromatic N) is 1. The number of hydrogen-bond acceptors (Lipinski definition) is 6. The van der Waals surface area contributed by atoms with Gasteiger partial charge in [0.2, 0.25) is 0 Å². The summed E-state index contributed by atoms with van der Waals surface area (Å²) in [6, 6.07) is 5.84. The number of carboxylic acids is 2. The Kier molecular flexibility index (Phi) is 9.95. The molecular formula is C20H24N2O7. The Labute approximate surface area is 168 Å². The van der Waals surface area contributed by atoms with Gasteiger partial charge in [-0.15, -0.1) is 6.42 Å². The van der Waals surface area contributed by atoms with Gasteiger partial charge in [0.15, 0.2) is 0 Å². The monoisotopic (exact) mass is 404 g/mol. The van der Waals surface area contributed by atoms with Crippen LogP contribution in [-0.2, 0) is 16.0 Å². The number of carboxylic acid groups (broad SMARTS) is 2. The van der Waals surface area contributed by atoms with E-state index in [1.807, 2.05) is 12.1 Å². The first kappa shape index (κ1) is 23.7. The summed E-state index contributed by atoms with van der Waals surface area (Å²) >= 11 is 0. The number of aliphatic hydroxyl groups is 1. The van der Waals surface area contributed by atoms with Gasteiger partial charge in [-0.05, 0) is 43.0 Å². The van der Waals surface area contributed by atoms with Crippen molar-refractivity contribution in [2.24, 2.45) is 0 Å². The number of aryl methyl sites for hydroxylation is 1. The normalized spacial score (nSPS) is 14.3. The van der Waals surface area contributed by atoms with Crippen LogP contribution in [0.4, 0.5) is 4.79 Å². The first-order valence-corrected chi connectivity index (χ1v) is 8.83.